The molecule has 4 nitrogen and oxygen atoms in total. The minimum Gasteiger partial charge on any atom is -0.497 e. The van der Waals surface area contributed by atoms with Gasteiger partial charge in [0.15, 0.2) is 6.29 Å². The number of halogens is 3. The number of rotatable bonds is 4. The Morgan fingerprint density at radius 3 is 2.30 bits per heavy atom. The van der Waals surface area contributed by atoms with Crippen LogP contribution in [-0.2, 0) is 6.18 Å². The van der Waals surface area contributed by atoms with E-state index in [0.717, 1.165) is 24.3 Å². The highest BCUT2D eigenvalue weighted by Gasteiger charge is 2.30. The second-order valence-electron chi connectivity index (χ2n) is 4.60. The zero-order chi connectivity index (χ0) is 17.0. The number of alkyl halides is 3. The van der Waals surface area contributed by atoms with Crippen LogP contribution in [0.2, 0.25) is 0 Å². The van der Waals surface area contributed by atoms with Crippen LogP contribution in [0, 0.1) is 0 Å². The Balaban J connectivity index is 2.24. The van der Waals surface area contributed by atoms with Crippen LogP contribution in [0.3, 0.4) is 0 Å². The summed E-state index contributed by atoms with van der Waals surface area (Å²) in [6, 6.07) is 8.25. The van der Waals surface area contributed by atoms with E-state index >= 15 is 0 Å². The first-order valence-electron chi connectivity index (χ1n) is 6.47. The van der Waals surface area contributed by atoms with Crippen molar-refractivity contribution in [3.05, 3.63) is 59.2 Å². The average molecular weight is 323 g/mol. The van der Waals surface area contributed by atoms with E-state index in [1.165, 1.54) is 19.2 Å². The van der Waals surface area contributed by atoms with Crippen molar-refractivity contribution in [2.75, 3.05) is 12.4 Å². The number of carbonyl (C=O) groups is 2. The quantitative estimate of drug-likeness (QED) is 0.871. The highest BCUT2D eigenvalue weighted by molar-refractivity contribution is 6.06. The molecule has 0 heterocycles. The molecule has 0 aliphatic heterocycles. The summed E-state index contributed by atoms with van der Waals surface area (Å²) in [7, 11) is 1.43. The molecular weight excluding hydrogens is 311 g/mol. The van der Waals surface area contributed by atoms with Gasteiger partial charge in [0.25, 0.3) is 5.91 Å². The molecule has 120 valence electrons. The van der Waals surface area contributed by atoms with Crippen LogP contribution in [0.1, 0.15) is 26.3 Å². The fourth-order valence-electron chi connectivity index (χ4n) is 1.88. The van der Waals surface area contributed by atoms with Gasteiger partial charge in [-0.05, 0) is 36.4 Å². The SMILES string of the molecule is COc1ccc(C=O)c(NC(=O)c2ccc(C(F)(F)F)cc2)c1. The van der Waals surface area contributed by atoms with Gasteiger partial charge in [-0.1, -0.05) is 0 Å². The van der Waals surface area contributed by atoms with Gasteiger partial charge < -0.3 is 10.1 Å². The molecule has 0 spiro atoms. The van der Waals surface area contributed by atoms with Gasteiger partial charge in [-0.3, -0.25) is 9.59 Å². The molecule has 7 heteroatoms. The van der Waals surface area contributed by atoms with Crippen molar-refractivity contribution in [1.29, 1.82) is 0 Å². The van der Waals surface area contributed by atoms with Crippen molar-refractivity contribution < 1.29 is 27.5 Å². The summed E-state index contributed by atoms with van der Waals surface area (Å²) in [6.07, 6.45) is -3.91. The molecule has 0 atom stereocenters. The number of nitrogens with one attached hydrogen (secondary N) is 1. The average Bonchev–Trinajstić information content (AvgIpc) is 2.54. The Bertz CT molecular complexity index is 724. The first-order valence-corrected chi connectivity index (χ1v) is 6.47. The van der Waals surface area contributed by atoms with Crippen LogP contribution in [-0.4, -0.2) is 19.3 Å². The number of methoxy groups -OCH3 is 1. The Morgan fingerprint density at radius 1 is 1.13 bits per heavy atom. The number of aldehydes is 1. The molecule has 23 heavy (non-hydrogen) atoms. The number of benzene rings is 2. The van der Waals surface area contributed by atoms with E-state index < -0.39 is 17.6 Å². The third-order valence-electron chi connectivity index (χ3n) is 3.11. The van der Waals surface area contributed by atoms with E-state index in [0.29, 0.717) is 12.0 Å². The van der Waals surface area contributed by atoms with Crippen LogP contribution >= 0.6 is 0 Å². The van der Waals surface area contributed by atoms with Crippen LogP contribution in [0.25, 0.3) is 0 Å². The van der Waals surface area contributed by atoms with E-state index in [4.69, 9.17) is 4.74 Å². The molecule has 0 saturated carbocycles. The lowest BCUT2D eigenvalue weighted by molar-refractivity contribution is -0.137. The van der Waals surface area contributed by atoms with E-state index in [-0.39, 0.29) is 16.8 Å². The maximum Gasteiger partial charge on any atom is 0.416 e. The largest absolute Gasteiger partial charge is 0.497 e. The van der Waals surface area contributed by atoms with E-state index in [1.54, 1.807) is 6.07 Å². The molecule has 0 aliphatic carbocycles. The summed E-state index contributed by atoms with van der Waals surface area (Å²) in [5.74, 6) is -0.201. The van der Waals surface area contributed by atoms with Crippen molar-refractivity contribution in [3.8, 4) is 5.75 Å². The Hall–Kier alpha value is -2.83. The number of amides is 1. The van der Waals surface area contributed by atoms with E-state index in [2.05, 4.69) is 5.32 Å². The predicted molar refractivity (Wildman–Crippen MR) is 77.8 cm³/mol. The van der Waals surface area contributed by atoms with Gasteiger partial charge in [-0.15, -0.1) is 0 Å². The Labute approximate surface area is 129 Å². The first kappa shape index (κ1) is 16.5. The zero-order valence-electron chi connectivity index (χ0n) is 12.0. The fourth-order valence-corrected chi connectivity index (χ4v) is 1.88. The number of hydrogen-bond acceptors (Lipinski definition) is 3. The predicted octanol–water partition coefficient (Wildman–Crippen LogP) is 3.78. The molecule has 1 N–H and O–H groups in total. The molecule has 0 aliphatic rings. The standard InChI is InChI=1S/C16H12F3NO3/c1-23-13-7-4-11(9-21)14(8-13)20-15(22)10-2-5-12(6-3-10)16(17,18)19/h2-9H,1H3,(H,20,22). The maximum absolute atomic E-state index is 12.5. The molecule has 0 aromatic heterocycles. The molecule has 1 amide bonds. The second kappa shape index (κ2) is 6.51. The summed E-state index contributed by atoms with van der Waals surface area (Å²) in [5.41, 5.74) is -0.364. The lowest BCUT2D eigenvalue weighted by atomic mass is 10.1. The van der Waals surface area contributed by atoms with Crippen molar-refractivity contribution in [3.63, 3.8) is 0 Å². The number of carbonyl (C=O) groups excluding carboxylic acids is 2. The van der Waals surface area contributed by atoms with Crippen LogP contribution in [0.4, 0.5) is 18.9 Å². The molecule has 0 saturated heterocycles. The van der Waals surface area contributed by atoms with Gasteiger partial charge in [0.1, 0.15) is 5.75 Å². The maximum atomic E-state index is 12.5. The normalized spacial score (nSPS) is 11.0. The molecule has 0 radical (unpaired) electrons. The minimum atomic E-state index is -4.47. The van der Waals surface area contributed by atoms with E-state index in [9.17, 15) is 22.8 Å². The van der Waals surface area contributed by atoms with Crippen molar-refractivity contribution >= 4 is 17.9 Å². The van der Waals surface area contributed by atoms with Gasteiger partial charge in [-0.25, -0.2) is 0 Å². The summed E-state index contributed by atoms with van der Waals surface area (Å²) >= 11 is 0. The topological polar surface area (TPSA) is 55.4 Å². The molecule has 2 rings (SSSR count). The van der Waals surface area contributed by atoms with Crippen LogP contribution < -0.4 is 10.1 Å². The Kier molecular flexibility index (Phi) is 4.68. The first-order chi connectivity index (χ1) is 10.8. The van der Waals surface area contributed by atoms with Crippen molar-refractivity contribution in [1.82, 2.24) is 0 Å². The summed E-state index contributed by atoms with van der Waals surface area (Å²) < 4.78 is 42.5. The lowest BCUT2D eigenvalue weighted by Gasteiger charge is -2.10. The van der Waals surface area contributed by atoms with Crippen LogP contribution in [0.5, 0.6) is 5.75 Å². The molecule has 0 unspecified atom stereocenters. The fraction of sp³-hybridized carbons (Fsp3) is 0.125. The number of anilines is 1. The van der Waals surface area contributed by atoms with Crippen molar-refractivity contribution in [2.24, 2.45) is 0 Å². The molecular formula is C16H12F3NO3. The highest BCUT2D eigenvalue weighted by Crippen LogP contribution is 2.29. The Morgan fingerprint density at radius 2 is 1.78 bits per heavy atom. The smallest absolute Gasteiger partial charge is 0.416 e. The zero-order valence-corrected chi connectivity index (χ0v) is 12.0. The third kappa shape index (κ3) is 3.88. The molecule has 0 fully saturated rings. The van der Waals surface area contributed by atoms with Gasteiger partial charge in [0, 0.05) is 17.2 Å². The van der Waals surface area contributed by atoms with E-state index in [1.807, 2.05) is 0 Å². The number of hydrogen-bond donors (Lipinski definition) is 1. The summed E-state index contributed by atoms with van der Waals surface area (Å²) in [5, 5.41) is 2.48. The minimum absolute atomic E-state index is 0.0395. The lowest BCUT2D eigenvalue weighted by Crippen LogP contribution is -2.14. The highest BCUT2D eigenvalue weighted by atomic mass is 19.4. The van der Waals surface area contributed by atoms with Crippen molar-refractivity contribution in [2.45, 2.75) is 6.18 Å². The number of ether oxygens (including phenoxy) is 1. The molecule has 0 bridgehead atoms. The third-order valence-corrected chi connectivity index (χ3v) is 3.11. The monoisotopic (exact) mass is 323 g/mol. The molecule has 2 aromatic carbocycles. The van der Waals surface area contributed by atoms with Gasteiger partial charge in [0.2, 0.25) is 0 Å². The van der Waals surface area contributed by atoms with Gasteiger partial charge >= 0.3 is 6.18 Å². The summed E-state index contributed by atoms with van der Waals surface area (Å²) in [6.45, 7) is 0. The summed E-state index contributed by atoms with van der Waals surface area (Å²) in [4.78, 5) is 23.1. The second-order valence-corrected chi connectivity index (χ2v) is 4.60. The molecule has 2 aromatic rings. The van der Waals surface area contributed by atoms with Crippen LogP contribution in [0.15, 0.2) is 42.5 Å². The van der Waals surface area contributed by atoms with Gasteiger partial charge in [0.05, 0.1) is 18.4 Å². The van der Waals surface area contributed by atoms with Gasteiger partial charge in [-0.2, -0.15) is 13.2 Å².